The van der Waals surface area contributed by atoms with Crippen molar-refractivity contribution in [2.24, 2.45) is 5.10 Å². The smallest absolute Gasteiger partial charge is 0.216 e. The second-order valence-corrected chi connectivity index (χ2v) is 6.20. The molecule has 0 atom stereocenters. The van der Waals surface area contributed by atoms with Crippen molar-refractivity contribution in [1.29, 1.82) is 0 Å². The fourth-order valence-corrected chi connectivity index (χ4v) is 2.70. The molecule has 0 spiro atoms. The lowest BCUT2D eigenvalue weighted by Gasteiger charge is -2.09. The van der Waals surface area contributed by atoms with Crippen molar-refractivity contribution in [1.82, 2.24) is 14.9 Å². The number of hydrogen-bond donors (Lipinski definition) is 1. The molecule has 144 valence electrons. The molecule has 0 radical (unpaired) electrons. The Balaban J connectivity index is 1.82. The van der Waals surface area contributed by atoms with Crippen molar-refractivity contribution in [3.63, 3.8) is 0 Å². The van der Waals surface area contributed by atoms with E-state index in [4.69, 9.17) is 21.7 Å². The van der Waals surface area contributed by atoms with E-state index >= 15 is 0 Å². The molecule has 2 aromatic carbocycles. The van der Waals surface area contributed by atoms with E-state index in [0.717, 1.165) is 11.1 Å². The molecule has 0 saturated heterocycles. The Labute approximate surface area is 166 Å². The van der Waals surface area contributed by atoms with Gasteiger partial charge >= 0.3 is 0 Å². The fourth-order valence-electron chi connectivity index (χ4n) is 2.50. The van der Waals surface area contributed by atoms with Crippen LogP contribution >= 0.6 is 12.2 Å². The lowest BCUT2D eigenvalue weighted by molar-refractivity contribution is 0.326. The van der Waals surface area contributed by atoms with Gasteiger partial charge in [0, 0.05) is 6.42 Å². The van der Waals surface area contributed by atoms with Gasteiger partial charge in [-0.25, -0.2) is 4.39 Å². The Hall–Kier alpha value is -3.26. The Bertz CT molecular complexity index is 1040. The topological polar surface area (TPSA) is 64.4 Å². The second-order valence-electron chi connectivity index (χ2n) is 5.81. The Morgan fingerprint density at radius 2 is 2.04 bits per heavy atom. The number of ether oxygens (including phenoxy) is 2. The number of nitrogens with zero attached hydrogens (tertiary/aromatic N) is 3. The molecular formula is C20H19FN4O2S. The normalized spacial score (nSPS) is 10.9. The van der Waals surface area contributed by atoms with Crippen molar-refractivity contribution in [3.8, 4) is 11.5 Å². The highest BCUT2D eigenvalue weighted by atomic mass is 32.1. The van der Waals surface area contributed by atoms with E-state index in [1.807, 2.05) is 12.1 Å². The van der Waals surface area contributed by atoms with Gasteiger partial charge in [-0.05, 0) is 53.7 Å². The summed E-state index contributed by atoms with van der Waals surface area (Å²) in [7, 11) is 1.57. The number of rotatable bonds is 8. The molecular weight excluding hydrogens is 379 g/mol. The van der Waals surface area contributed by atoms with Crippen LogP contribution in [-0.4, -0.2) is 34.8 Å². The number of aromatic amines is 1. The van der Waals surface area contributed by atoms with Crippen LogP contribution in [-0.2, 0) is 6.42 Å². The first-order chi connectivity index (χ1) is 13.6. The lowest BCUT2D eigenvalue weighted by Crippen LogP contribution is -2.01. The summed E-state index contributed by atoms with van der Waals surface area (Å²) >= 11 is 5.26. The fraction of sp³-hybridized carbons (Fsp3) is 0.150. The zero-order chi connectivity index (χ0) is 19.9. The Morgan fingerprint density at radius 3 is 2.75 bits per heavy atom. The molecule has 0 bridgehead atoms. The van der Waals surface area contributed by atoms with Gasteiger partial charge in [0.25, 0.3) is 0 Å². The molecule has 0 aliphatic rings. The van der Waals surface area contributed by atoms with Crippen LogP contribution in [0.4, 0.5) is 4.39 Å². The van der Waals surface area contributed by atoms with Crippen LogP contribution in [0, 0.1) is 10.6 Å². The van der Waals surface area contributed by atoms with Crippen molar-refractivity contribution < 1.29 is 13.9 Å². The van der Waals surface area contributed by atoms with Crippen LogP contribution in [0.2, 0.25) is 0 Å². The molecule has 28 heavy (non-hydrogen) atoms. The summed E-state index contributed by atoms with van der Waals surface area (Å²) in [4.78, 5) is 0. The minimum Gasteiger partial charge on any atom is -0.493 e. The molecule has 8 heteroatoms. The predicted octanol–water partition coefficient (Wildman–Crippen LogP) is 4.13. The molecule has 0 fully saturated rings. The number of halogens is 1. The molecule has 1 heterocycles. The van der Waals surface area contributed by atoms with Gasteiger partial charge in [-0.3, -0.25) is 5.10 Å². The first kappa shape index (κ1) is 19.5. The number of benzene rings is 2. The zero-order valence-corrected chi connectivity index (χ0v) is 16.1. The van der Waals surface area contributed by atoms with Crippen molar-refractivity contribution in [3.05, 3.63) is 82.7 Å². The van der Waals surface area contributed by atoms with Gasteiger partial charge in [0.2, 0.25) is 4.77 Å². The maximum atomic E-state index is 13.1. The van der Waals surface area contributed by atoms with Crippen LogP contribution in [0.15, 0.2) is 60.2 Å². The predicted molar refractivity (Wildman–Crippen MR) is 108 cm³/mol. The molecule has 0 aliphatic heterocycles. The minimum absolute atomic E-state index is 0.282. The molecule has 1 N–H and O–H groups in total. The largest absolute Gasteiger partial charge is 0.493 e. The highest BCUT2D eigenvalue weighted by Gasteiger charge is 2.08. The Kier molecular flexibility index (Phi) is 6.33. The quantitative estimate of drug-likeness (QED) is 0.352. The summed E-state index contributed by atoms with van der Waals surface area (Å²) in [6.45, 7) is 4.02. The molecule has 3 aromatic rings. The van der Waals surface area contributed by atoms with E-state index in [1.54, 1.807) is 37.6 Å². The van der Waals surface area contributed by atoms with Gasteiger partial charge in [-0.1, -0.05) is 24.8 Å². The molecule has 0 saturated carbocycles. The van der Waals surface area contributed by atoms with Gasteiger partial charge < -0.3 is 9.47 Å². The van der Waals surface area contributed by atoms with Gasteiger partial charge in [-0.15, -0.1) is 0 Å². The van der Waals surface area contributed by atoms with Gasteiger partial charge in [0.05, 0.1) is 13.3 Å². The van der Waals surface area contributed by atoms with Crippen LogP contribution in [0.1, 0.15) is 17.0 Å². The van der Waals surface area contributed by atoms with Crippen LogP contribution in [0.5, 0.6) is 11.5 Å². The van der Waals surface area contributed by atoms with Crippen molar-refractivity contribution >= 4 is 18.4 Å². The molecule has 6 nitrogen and oxygen atoms in total. The van der Waals surface area contributed by atoms with E-state index in [9.17, 15) is 4.39 Å². The third-order valence-electron chi connectivity index (χ3n) is 3.86. The third-order valence-corrected chi connectivity index (χ3v) is 4.12. The summed E-state index contributed by atoms with van der Waals surface area (Å²) in [5.74, 6) is 1.55. The second kappa shape index (κ2) is 9.09. The first-order valence-electron chi connectivity index (χ1n) is 8.47. The van der Waals surface area contributed by atoms with Crippen LogP contribution in [0.3, 0.4) is 0 Å². The number of nitrogens with one attached hydrogen (secondary N) is 1. The van der Waals surface area contributed by atoms with Gasteiger partial charge in [0.1, 0.15) is 12.4 Å². The third kappa shape index (κ3) is 4.72. The summed E-state index contributed by atoms with van der Waals surface area (Å²) < 4.78 is 25.9. The minimum atomic E-state index is -0.282. The molecule has 0 aliphatic carbocycles. The number of methoxy groups -OCH3 is 1. The average molecular weight is 398 g/mol. The number of hydrogen-bond acceptors (Lipinski definition) is 5. The van der Waals surface area contributed by atoms with E-state index in [0.29, 0.717) is 35.1 Å². The average Bonchev–Trinajstić information content (AvgIpc) is 3.06. The van der Waals surface area contributed by atoms with E-state index in [-0.39, 0.29) is 5.82 Å². The number of H-pyrrole nitrogens is 1. The first-order valence-corrected chi connectivity index (χ1v) is 8.88. The zero-order valence-electron chi connectivity index (χ0n) is 15.3. The molecule has 0 unspecified atom stereocenters. The highest BCUT2D eigenvalue weighted by molar-refractivity contribution is 7.71. The van der Waals surface area contributed by atoms with Crippen molar-refractivity contribution in [2.75, 3.05) is 13.7 Å². The Morgan fingerprint density at radius 1 is 1.25 bits per heavy atom. The maximum Gasteiger partial charge on any atom is 0.216 e. The molecule has 1 aromatic heterocycles. The summed E-state index contributed by atoms with van der Waals surface area (Å²) in [5, 5.41) is 11.4. The van der Waals surface area contributed by atoms with E-state index < -0.39 is 0 Å². The van der Waals surface area contributed by atoms with E-state index in [1.165, 1.54) is 16.8 Å². The molecule has 0 amide bonds. The standard InChI is InChI=1S/C20H19FN4O2S/c1-3-10-27-17-9-6-15(11-18(17)26-2)13-22-25-19(23-24-20(25)28)12-14-4-7-16(21)8-5-14/h3-9,11,13H,1,10,12H2,2H3,(H,24,28)/b22-13-. The summed E-state index contributed by atoms with van der Waals surface area (Å²) in [6, 6.07) is 11.7. The van der Waals surface area contributed by atoms with Gasteiger partial charge in [0.15, 0.2) is 17.3 Å². The lowest BCUT2D eigenvalue weighted by atomic mass is 10.1. The van der Waals surface area contributed by atoms with Crippen molar-refractivity contribution in [2.45, 2.75) is 6.42 Å². The molecule has 3 rings (SSSR count). The number of aromatic nitrogens is 3. The van der Waals surface area contributed by atoms with E-state index in [2.05, 4.69) is 21.9 Å². The highest BCUT2D eigenvalue weighted by Crippen LogP contribution is 2.27. The summed E-state index contributed by atoms with van der Waals surface area (Å²) in [6.07, 6.45) is 3.78. The van der Waals surface area contributed by atoms with Gasteiger partial charge in [-0.2, -0.15) is 14.9 Å². The SMILES string of the molecule is C=CCOc1ccc(/C=N\n2c(Cc3ccc(F)cc3)n[nH]c2=S)cc1OC. The monoisotopic (exact) mass is 398 g/mol. The summed E-state index contributed by atoms with van der Waals surface area (Å²) in [5.41, 5.74) is 1.70. The van der Waals surface area contributed by atoms with Crippen LogP contribution in [0.25, 0.3) is 0 Å². The van der Waals surface area contributed by atoms with Crippen LogP contribution < -0.4 is 9.47 Å². The maximum absolute atomic E-state index is 13.1.